The largest absolute Gasteiger partial charge is 0.383 e. The number of hydrogen-bond donors (Lipinski definition) is 2. The number of carbonyl (C=O) groups is 1. The van der Waals surface area contributed by atoms with Gasteiger partial charge in [-0.3, -0.25) is 4.79 Å². The number of hydrogen-bond acceptors (Lipinski definition) is 3. The van der Waals surface area contributed by atoms with Crippen molar-refractivity contribution in [2.45, 2.75) is 13.0 Å². The number of ether oxygens (including phenoxy) is 1. The zero-order valence-corrected chi connectivity index (χ0v) is 12.3. The second kappa shape index (κ2) is 8.24. The summed E-state index contributed by atoms with van der Waals surface area (Å²) in [5, 5.41) is 5.94. The minimum absolute atomic E-state index is 0.00910. The third-order valence-corrected chi connectivity index (χ3v) is 3.04. The van der Waals surface area contributed by atoms with Crippen LogP contribution in [-0.4, -0.2) is 32.7 Å². The summed E-state index contributed by atoms with van der Waals surface area (Å²) in [7, 11) is 1.64. The molecular weight excluding hydrogens is 296 g/mol. The Balaban J connectivity index is 2.33. The van der Waals surface area contributed by atoms with E-state index in [2.05, 4.69) is 26.6 Å². The van der Waals surface area contributed by atoms with E-state index in [-0.39, 0.29) is 11.9 Å². The van der Waals surface area contributed by atoms with E-state index in [4.69, 9.17) is 4.74 Å². The highest BCUT2D eigenvalue weighted by molar-refractivity contribution is 9.10. The molecule has 1 rings (SSSR count). The first-order valence-corrected chi connectivity index (χ1v) is 6.67. The molecule has 0 saturated heterocycles. The van der Waals surface area contributed by atoms with Crippen molar-refractivity contribution in [3.63, 3.8) is 0 Å². The Kier molecular flexibility index (Phi) is 6.93. The summed E-state index contributed by atoms with van der Waals surface area (Å²) >= 11 is 3.39. The minimum atomic E-state index is -0.0125. The van der Waals surface area contributed by atoms with Crippen LogP contribution < -0.4 is 10.6 Å². The van der Waals surface area contributed by atoms with Gasteiger partial charge in [0.2, 0.25) is 5.91 Å². The number of rotatable bonds is 7. The number of amides is 1. The molecule has 0 fully saturated rings. The average Bonchev–Trinajstić information content (AvgIpc) is 2.35. The monoisotopic (exact) mass is 314 g/mol. The smallest absolute Gasteiger partial charge is 0.234 e. The molecule has 4 nitrogen and oxygen atoms in total. The molecule has 0 aliphatic rings. The maximum absolute atomic E-state index is 11.6. The number of halogens is 1. The fourth-order valence-electron chi connectivity index (χ4n) is 1.50. The minimum Gasteiger partial charge on any atom is -0.383 e. The van der Waals surface area contributed by atoms with Crippen molar-refractivity contribution in [2.24, 2.45) is 0 Å². The Hall–Kier alpha value is -0.910. The molecule has 0 aromatic heterocycles. The first-order chi connectivity index (χ1) is 8.63. The van der Waals surface area contributed by atoms with Gasteiger partial charge < -0.3 is 15.4 Å². The Morgan fingerprint density at radius 3 is 2.67 bits per heavy atom. The molecule has 1 atom stereocenters. The van der Waals surface area contributed by atoms with Crippen molar-refractivity contribution in [1.29, 1.82) is 0 Å². The third kappa shape index (κ3) is 5.62. The molecule has 0 unspecified atom stereocenters. The van der Waals surface area contributed by atoms with Crippen LogP contribution in [0.3, 0.4) is 0 Å². The quantitative estimate of drug-likeness (QED) is 0.755. The lowest BCUT2D eigenvalue weighted by molar-refractivity contribution is -0.120. The molecule has 0 heterocycles. The number of methoxy groups -OCH3 is 1. The summed E-state index contributed by atoms with van der Waals surface area (Å²) in [6.07, 6.45) is 0. The molecular formula is C13H19BrN2O2. The highest BCUT2D eigenvalue weighted by Crippen LogP contribution is 2.16. The molecule has 0 aliphatic carbocycles. The van der Waals surface area contributed by atoms with E-state index in [9.17, 15) is 4.79 Å². The molecule has 0 saturated carbocycles. The molecule has 18 heavy (non-hydrogen) atoms. The van der Waals surface area contributed by atoms with Crippen molar-refractivity contribution < 1.29 is 9.53 Å². The van der Waals surface area contributed by atoms with Crippen LogP contribution in [0.2, 0.25) is 0 Å². The number of carbonyl (C=O) groups excluding carboxylic acids is 1. The maximum Gasteiger partial charge on any atom is 0.234 e. The van der Waals surface area contributed by atoms with E-state index in [0.29, 0.717) is 19.7 Å². The van der Waals surface area contributed by atoms with Crippen molar-refractivity contribution in [2.75, 3.05) is 26.8 Å². The average molecular weight is 315 g/mol. The zero-order valence-electron chi connectivity index (χ0n) is 10.7. The summed E-state index contributed by atoms with van der Waals surface area (Å²) < 4.78 is 5.92. The molecule has 5 heteroatoms. The van der Waals surface area contributed by atoms with Crippen LogP contribution in [0.25, 0.3) is 0 Å². The highest BCUT2D eigenvalue weighted by Gasteiger charge is 2.08. The van der Waals surface area contributed by atoms with Crippen LogP contribution >= 0.6 is 15.9 Å². The lowest BCUT2D eigenvalue weighted by atomic mass is 10.1. The van der Waals surface area contributed by atoms with Gasteiger partial charge in [-0.25, -0.2) is 0 Å². The van der Waals surface area contributed by atoms with Gasteiger partial charge in [-0.05, 0) is 24.6 Å². The molecule has 0 bridgehead atoms. The van der Waals surface area contributed by atoms with Crippen molar-refractivity contribution in [1.82, 2.24) is 10.6 Å². The predicted molar refractivity (Wildman–Crippen MR) is 75.4 cm³/mol. The van der Waals surface area contributed by atoms with Crippen molar-refractivity contribution in [3.05, 3.63) is 34.3 Å². The second-order valence-corrected chi connectivity index (χ2v) is 4.93. The van der Waals surface area contributed by atoms with Gasteiger partial charge >= 0.3 is 0 Å². The Labute approximate surface area is 116 Å². The fraction of sp³-hybridized carbons (Fsp3) is 0.462. The van der Waals surface area contributed by atoms with Gasteiger partial charge in [0.05, 0.1) is 19.2 Å². The predicted octanol–water partition coefficient (Wildman–Crippen LogP) is 1.86. The lowest BCUT2D eigenvalue weighted by Crippen LogP contribution is -2.36. The normalized spacial score (nSPS) is 12.2. The summed E-state index contributed by atoms with van der Waals surface area (Å²) in [6.45, 7) is 3.56. The molecule has 0 spiro atoms. The lowest BCUT2D eigenvalue weighted by Gasteiger charge is -2.14. The SMILES string of the molecule is COCCNCC(=O)N[C@H](C)c1ccc(Br)cc1. The third-order valence-electron chi connectivity index (χ3n) is 2.52. The van der Waals surface area contributed by atoms with Crippen LogP contribution in [-0.2, 0) is 9.53 Å². The van der Waals surface area contributed by atoms with Crippen LogP contribution in [0.4, 0.5) is 0 Å². The van der Waals surface area contributed by atoms with E-state index in [0.717, 1.165) is 10.0 Å². The summed E-state index contributed by atoms with van der Waals surface area (Å²) in [4.78, 5) is 11.6. The molecule has 1 amide bonds. The van der Waals surface area contributed by atoms with Gasteiger partial charge in [0.25, 0.3) is 0 Å². The van der Waals surface area contributed by atoms with E-state index >= 15 is 0 Å². The van der Waals surface area contributed by atoms with Crippen LogP contribution in [0.1, 0.15) is 18.5 Å². The van der Waals surface area contributed by atoms with E-state index in [1.165, 1.54) is 0 Å². The second-order valence-electron chi connectivity index (χ2n) is 4.01. The van der Waals surface area contributed by atoms with Crippen molar-refractivity contribution in [3.8, 4) is 0 Å². The Morgan fingerprint density at radius 1 is 1.39 bits per heavy atom. The molecule has 2 N–H and O–H groups in total. The first-order valence-electron chi connectivity index (χ1n) is 5.88. The summed E-state index contributed by atoms with van der Waals surface area (Å²) in [5.41, 5.74) is 1.09. The molecule has 0 aliphatic heterocycles. The zero-order chi connectivity index (χ0) is 13.4. The Morgan fingerprint density at radius 2 is 2.06 bits per heavy atom. The number of nitrogens with one attached hydrogen (secondary N) is 2. The highest BCUT2D eigenvalue weighted by atomic mass is 79.9. The standard InChI is InChI=1S/C13H19BrN2O2/c1-10(11-3-5-12(14)6-4-11)16-13(17)9-15-7-8-18-2/h3-6,10,15H,7-9H2,1-2H3,(H,16,17)/t10-/m1/s1. The van der Waals surface area contributed by atoms with Gasteiger partial charge in [0.1, 0.15) is 0 Å². The van der Waals surface area contributed by atoms with E-state index in [1.807, 2.05) is 31.2 Å². The van der Waals surface area contributed by atoms with Crippen LogP contribution in [0.15, 0.2) is 28.7 Å². The van der Waals surface area contributed by atoms with E-state index in [1.54, 1.807) is 7.11 Å². The summed E-state index contributed by atoms with van der Waals surface area (Å²) in [6, 6.07) is 7.93. The molecule has 1 aromatic rings. The maximum atomic E-state index is 11.6. The van der Waals surface area contributed by atoms with Gasteiger partial charge in [0, 0.05) is 18.1 Å². The van der Waals surface area contributed by atoms with Crippen molar-refractivity contribution >= 4 is 21.8 Å². The van der Waals surface area contributed by atoms with Gasteiger partial charge in [-0.15, -0.1) is 0 Å². The van der Waals surface area contributed by atoms with Gasteiger partial charge in [-0.2, -0.15) is 0 Å². The van der Waals surface area contributed by atoms with Crippen LogP contribution in [0.5, 0.6) is 0 Å². The molecule has 0 radical (unpaired) electrons. The van der Waals surface area contributed by atoms with Gasteiger partial charge in [0.15, 0.2) is 0 Å². The topological polar surface area (TPSA) is 50.4 Å². The first kappa shape index (κ1) is 15.1. The summed E-state index contributed by atoms with van der Waals surface area (Å²) in [5.74, 6) is -0.0125. The molecule has 100 valence electrons. The van der Waals surface area contributed by atoms with Crippen LogP contribution in [0, 0.1) is 0 Å². The Bertz CT molecular complexity index is 368. The van der Waals surface area contributed by atoms with Gasteiger partial charge in [-0.1, -0.05) is 28.1 Å². The molecule has 1 aromatic carbocycles. The van der Waals surface area contributed by atoms with E-state index < -0.39 is 0 Å². The fourth-order valence-corrected chi connectivity index (χ4v) is 1.77. The number of benzene rings is 1.